The van der Waals surface area contributed by atoms with Gasteiger partial charge in [0.05, 0.1) is 5.75 Å². The normalized spacial score (nSPS) is 20.8. The predicted octanol–water partition coefficient (Wildman–Crippen LogP) is 2.86. The zero-order valence-corrected chi connectivity index (χ0v) is 14.6. The molecule has 0 bridgehead atoms. The van der Waals surface area contributed by atoms with Gasteiger partial charge in [-0.05, 0) is 37.0 Å². The molecule has 0 saturated carbocycles. The van der Waals surface area contributed by atoms with Gasteiger partial charge in [0.2, 0.25) is 5.91 Å². The number of nitrogens with zero attached hydrogens (tertiary/aromatic N) is 3. The van der Waals surface area contributed by atoms with Crippen LogP contribution in [0.2, 0.25) is 0 Å². The van der Waals surface area contributed by atoms with Crippen molar-refractivity contribution in [1.82, 2.24) is 9.97 Å². The van der Waals surface area contributed by atoms with E-state index in [-0.39, 0.29) is 11.9 Å². The number of carbonyl (C=O) groups is 1. The number of anilines is 1. The molecule has 3 rings (SSSR count). The first-order chi connectivity index (χ1) is 11.6. The number of thioether (sulfide) groups is 1. The van der Waals surface area contributed by atoms with Gasteiger partial charge in [0, 0.05) is 17.6 Å². The highest BCUT2D eigenvalue weighted by Crippen LogP contribution is 2.27. The van der Waals surface area contributed by atoms with Gasteiger partial charge in [-0.1, -0.05) is 25.1 Å². The number of nitrogens with two attached hydrogens (primary N) is 1. The molecule has 1 amide bonds. The summed E-state index contributed by atoms with van der Waals surface area (Å²) in [5.41, 5.74) is 5.60. The molecule has 1 saturated heterocycles. The Labute approximate surface area is 146 Å². The number of carbonyl (C=O) groups excluding carboxylic acids is 1. The molecule has 1 aromatic heterocycles. The molecule has 126 valence electrons. The summed E-state index contributed by atoms with van der Waals surface area (Å²) in [6.45, 7) is 2.96. The van der Waals surface area contributed by atoms with Crippen LogP contribution in [0.4, 0.5) is 5.82 Å². The summed E-state index contributed by atoms with van der Waals surface area (Å²) >= 11 is 1.70. The van der Waals surface area contributed by atoms with Crippen LogP contribution in [-0.4, -0.2) is 28.5 Å². The largest absolute Gasteiger partial charge is 0.368 e. The van der Waals surface area contributed by atoms with Crippen molar-refractivity contribution < 1.29 is 4.79 Å². The minimum absolute atomic E-state index is 0.277. The van der Waals surface area contributed by atoms with Crippen LogP contribution < -0.4 is 10.6 Å². The highest BCUT2D eigenvalue weighted by molar-refractivity contribution is 7.98. The number of benzene rings is 1. The van der Waals surface area contributed by atoms with E-state index in [1.807, 2.05) is 29.2 Å². The molecule has 2 unspecified atom stereocenters. The second kappa shape index (κ2) is 7.66. The van der Waals surface area contributed by atoms with Crippen LogP contribution in [0.3, 0.4) is 0 Å². The molecule has 6 heteroatoms. The number of hydrogen-bond acceptors (Lipinski definition) is 5. The summed E-state index contributed by atoms with van der Waals surface area (Å²) in [7, 11) is 0. The molecule has 0 aliphatic carbocycles. The summed E-state index contributed by atoms with van der Waals surface area (Å²) in [5.74, 6) is 2.49. The van der Waals surface area contributed by atoms with Crippen molar-refractivity contribution in [3.8, 4) is 0 Å². The van der Waals surface area contributed by atoms with E-state index >= 15 is 0 Å². The number of primary amides is 1. The molecule has 24 heavy (non-hydrogen) atoms. The van der Waals surface area contributed by atoms with Crippen LogP contribution in [0.25, 0.3) is 0 Å². The summed E-state index contributed by atoms with van der Waals surface area (Å²) in [5, 5.41) is 0. The van der Waals surface area contributed by atoms with Crippen LogP contribution >= 0.6 is 11.8 Å². The Kier molecular flexibility index (Phi) is 5.35. The van der Waals surface area contributed by atoms with Crippen LogP contribution in [0.15, 0.2) is 47.5 Å². The van der Waals surface area contributed by atoms with E-state index in [1.54, 1.807) is 18.0 Å². The monoisotopic (exact) mass is 342 g/mol. The average molecular weight is 342 g/mol. The quantitative estimate of drug-likeness (QED) is 0.846. The highest BCUT2D eigenvalue weighted by Gasteiger charge is 2.31. The molecule has 2 heterocycles. The molecule has 1 aromatic carbocycles. The standard InChI is InChI=1S/C18H22N4OS/c1-13-8-10-22(15(11-13)18(19)23)17-7-9-20-16(21-17)12-24-14-5-3-2-4-6-14/h2-7,9,13,15H,8,10-12H2,1H3,(H2,19,23). The Morgan fingerprint density at radius 1 is 1.33 bits per heavy atom. The van der Waals surface area contributed by atoms with E-state index in [1.165, 1.54) is 4.90 Å². The Morgan fingerprint density at radius 2 is 2.12 bits per heavy atom. The van der Waals surface area contributed by atoms with Crippen molar-refractivity contribution >= 4 is 23.5 Å². The molecule has 0 spiro atoms. The second-order valence-electron chi connectivity index (χ2n) is 6.17. The summed E-state index contributed by atoms with van der Waals surface area (Å²) < 4.78 is 0. The number of rotatable bonds is 5. The lowest BCUT2D eigenvalue weighted by Crippen LogP contribution is -2.50. The van der Waals surface area contributed by atoms with Crippen molar-refractivity contribution in [2.45, 2.75) is 36.5 Å². The van der Waals surface area contributed by atoms with Crippen molar-refractivity contribution in [2.75, 3.05) is 11.4 Å². The fourth-order valence-corrected chi connectivity index (χ4v) is 3.75. The maximum atomic E-state index is 11.8. The molecule has 1 aliphatic heterocycles. The zero-order valence-electron chi connectivity index (χ0n) is 13.8. The third kappa shape index (κ3) is 4.06. The van der Waals surface area contributed by atoms with Gasteiger partial charge in [-0.3, -0.25) is 4.79 Å². The molecule has 1 fully saturated rings. The number of hydrogen-bond donors (Lipinski definition) is 1. The molecule has 2 aromatic rings. The van der Waals surface area contributed by atoms with Gasteiger partial charge < -0.3 is 10.6 Å². The van der Waals surface area contributed by atoms with Gasteiger partial charge in [-0.2, -0.15) is 0 Å². The fraction of sp³-hybridized carbons (Fsp3) is 0.389. The SMILES string of the molecule is CC1CCN(c2ccnc(CSc3ccccc3)n2)C(C(N)=O)C1. The van der Waals surface area contributed by atoms with E-state index in [0.717, 1.165) is 31.0 Å². The van der Waals surface area contributed by atoms with E-state index in [9.17, 15) is 4.79 Å². The van der Waals surface area contributed by atoms with Gasteiger partial charge in [-0.15, -0.1) is 11.8 Å². The molecule has 1 aliphatic rings. The Balaban J connectivity index is 1.73. The fourth-order valence-electron chi connectivity index (χ4n) is 2.97. The smallest absolute Gasteiger partial charge is 0.240 e. The first-order valence-electron chi connectivity index (χ1n) is 8.19. The number of aromatic nitrogens is 2. The van der Waals surface area contributed by atoms with Crippen LogP contribution in [0, 0.1) is 5.92 Å². The van der Waals surface area contributed by atoms with E-state index in [2.05, 4.69) is 29.0 Å². The van der Waals surface area contributed by atoms with E-state index in [0.29, 0.717) is 11.7 Å². The molecular weight excluding hydrogens is 320 g/mol. The predicted molar refractivity (Wildman–Crippen MR) is 96.8 cm³/mol. The van der Waals surface area contributed by atoms with Gasteiger partial charge in [0.1, 0.15) is 17.7 Å². The maximum absolute atomic E-state index is 11.8. The molecule has 5 nitrogen and oxygen atoms in total. The number of piperidine rings is 1. The minimum Gasteiger partial charge on any atom is -0.368 e. The number of amides is 1. The second-order valence-corrected chi connectivity index (χ2v) is 7.22. The Bertz CT molecular complexity index is 694. The molecule has 2 atom stereocenters. The lowest BCUT2D eigenvalue weighted by atomic mass is 9.92. The van der Waals surface area contributed by atoms with Gasteiger partial charge >= 0.3 is 0 Å². The lowest BCUT2D eigenvalue weighted by Gasteiger charge is -2.37. The summed E-state index contributed by atoms with van der Waals surface area (Å²) in [6.07, 6.45) is 3.59. The zero-order chi connectivity index (χ0) is 16.9. The van der Waals surface area contributed by atoms with Gasteiger partial charge in [0.25, 0.3) is 0 Å². The maximum Gasteiger partial charge on any atom is 0.240 e. The molecular formula is C18H22N4OS. The Hall–Kier alpha value is -2.08. The minimum atomic E-state index is -0.279. The van der Waals surface area contributed by atoms with Crippen LogP contribution in [-0.2, 0) is 10.5 Å². The summed E-state index contributed by atoms with van der Waals surface area (Å²) in [6, 6.07) is 11.8. The molecule has 2 N–H and O–H groups in total. The summed E-state index contributed by atoms with van der Waals surface area (Å²) in [4.78, 5) is 24.0. The van der Waals surface area contributed by atoms with Crippen molar-refractivity contribution in [1.29, 1.82) is 0 Å². The van der Waals surface area contributed by atoms with Crippen molar-refractivity contribution in [3.05, 3.63) is 48.4 Å². The van der Waals surface area contributed by atoms with Crippen molar-refractivity contribution in [2.24, 2.45) is 11.7 Å². The van der Waals surface area contributed by atoms with Crippen LogP contribution in [0.5, 0.6) is 0 Å². The highest BCUT2D eigenvalue weighted by atomic mass is 32.2. The molecule has 0 radical (unpaired) electrons. The first-order valence-corrected chi connectivity index (χ1v) is 9.18. The Morgan fingerprint density at radius 3 is 2.88 bits per heavy atom. The topological polar surface area (TPSA) is 72.1 Å². The lowest BCUT2D eigenvalue weighted by molar-refractivity contribution is -0.120. The average Bonchev–Trinajstić information content (AvgIpc) is 2.61. The van der Waals surface area contributed by atoms with Gasteiger partial charge in [-0.25, -0.2) is 9.97 Å². The van der Waals surface area contributed by atoms with Gasteiger partial charge in [0.15, 0.2) is 0 Å². The first kappa shape index (κ1) is 16.8. The van der Waals surface area contributed by atoms with Crippen molar-refractivity contribution in [3.63, 3.8) is 0 Å². The third-order valence-corrected chi connectivity index (χ3v) is 5.30. The third-order valence-electron chi connectivity index (χ3n) is 4.29. The van der Waals surface area contributed by atoms with E-state index < -0.39 is 0 Å². The van der Waals surface area contributed by atoms with E-state index in [4.69, 9.17) is 5.73 Å². The van der Waals surface area contributed by atoms with Crippen LogP contribution in [0.1, 0.15) is 25.6 Å².